The second-order valence-corrected chi connectivity index (χ2v) is 5.83. The zero-order valence-electron chi connectivity index (χ0n) is 8.21. The summed E-state index contributed by atoms with van der Waals surface area (Å²) < 4.78 is 0.720. The lowest BCUT2D eigenvalue weighted by Gasteiger charge is -2.00. The van der Waals surface area contributed by atoms with Crippen LogP contribution in [0.5, 0.6) is 0 Å². The highest BCUT2D eigenvalue weighted by atomic mass is 79.9. The maximum atomic E-state index is 5.93. The first kappa shape index (κ1) is 11.0. The molecule has 15 heavy (non-hydrogen) atoms. The van der Waals surface area contributed by atoms with Crippen LogP contribution in [0.25, 0.3) is 11.4 Å². The average Bonchev–Trinajstić information content (AvgIpc) is 2.50. The minimum Gasteiger partial charge on any atom is -0.235 e. The molecule has 0 aromatic carbocycles. The van der Waals surface area contributed by atoms with Gasteiger partial charge in [-0.3, -0.25) is 0 Å². The summed E-state index contributed by atoms with van der Waals surface area (Å²) in [7, 11) is 0. The normalized spacial score (nSPS) is 10.7. The van der Waals surface area contributed by atoms with Gasteiger partial charge < -0.3 is 0 Å². The Kier molecular flexibility index (Phi) is 3.09. The average molecular weight is 304 g/mol. The van der Waals surface area contributed by atoms with Crippen molar-refractivity contribution in [3.8, 4) is 11.4 Å². The Balaban J connectivity index is 2.54. The molecular weight excluding hydrogens is 296 g/mol. The fourth-order valence-electron chi connectivity index (χ4n) is 1.33. The third-order valence-electron chi connectivity index (χ3n) is 1.98. The van der Waals surface area contributed by atoms with Crippen LogP contribution in [0.15, 0.2) is 16.7 Å². The molecule has 0 bridgehead atoms. The molecule has 2 heterocycles. The van der Waals surface area contributed by atoms with Gasteiger partial charge in [-0.1, -0.05) is 11.6 Å². The van der Waals surface area contributed by atoms with Gasteiger partial charge in [-0.05, 0) is 35.8 Å². The minimum absolute atomic E-state index is 0.447. The van der Waals surface area contributed by atoms with Gasteiger partial charge in [0.1, 0.15) is 5.15 Å². The number of thiophene rings is 1. The van der Waals surface area contributed by atoms with Gasteiger partial charge in [0.15, 0.2) is 5.82 Å². The summed E-state index contributed by atoms with van der Waals surface area (Å²) in [6, 6.07) is 2.08. The van der Waals surface area contributed by atoms with E-state index < -0.39 is 0 Å². The summed E-state index contributed by atoms with van der Waals surface area (Å²) in [5.74, 6) is 0.685. The van der Waals surface area contributed by atoms with Gasteiger partial charge in [-0.2, -0.15) is 0 Å². The number of halogens is 2. The molecule has 5 heteroatoms. The number of nitrogens with zero attached hydrogens (tertiary/aromatic N) is 2. The van der Waals surface area contributed by atoms with Crippen molar-refractivity contribution in [2.75, 3.05) is 0 Å². The molecule has 0 aliphatic heterocycles. The summed E-state index contributed by atoms with van der Waals surface area (Å²) in [4.78, 5) is 10.9. The summed E-state index contributed by atoms with van der Waals surface area (Å²) in [5.41, 5.74) is 1.06. The number of hydrogen-bond donors (Lipinski definition) is 0. The summed E-state index contributed by atoms with van der Waals surface area (Å²) >= 11 is 10.9. The molecule has 0 radical (unpaired) electrons. The highest BCUT2D eigenvalue weighted by Crippen LogP contribution is 2.30. The van der Waals surface area contributed by atoms with Crippen molar-refractivity contribution in [1.82, 2.24) is 9.97 Å². The standard InChI is InChI=1S/C10H8BrClN2S/c1-5-3-7(6(2)15-5)10-13-4-8(11)9(12)14-10/h3-4H,1-2H3. The van der Waals surface area contributed by atoms with E-state index in [0.29, 0.717) is 11.0 Å². The quantitative estimate of drug-likeness (QED) is 0.737. The minimum atomic E-state index is 0.447. The summed E-state index contributed by atoms with van der Waals surface area (Å²) in [6.45, 7) is 4.13. The zero-order chi connectivity index (χ0) is 11.0. The van der Waals surface area contributed by atoms with Crippen molar-refractivity contribution >= 4 is 38.9 Å². The molecule has 78 valence electrons. The maximum Gasteiger partial charge on any atom is 0.162 e. The highest BCUT2D eigenvalue weighted by Gasteiger charge is 2.10. The molecule has 0 aliphatic rings. The van der Waals surface area contributed by atoms with Crippen LogP contribution < -0.4 is 0 Å². The summed E-state index contributed by atoms with van der Waals surface area (Å²) in [6.07, 6.45) is 1.68. The molecule has 0 amide bonds. The topological polar surface area (TPSA) is 25.8 Å². The van der Waals surface area contributed by atoms with Gasteiger partial charge in [0.25, 0.3) is 0 Å². The smallest absolute Gasteiger partial charge is 0.162 e. The van der Waals surface area contributed by atoms with Crippen LogP contribution in [0, 0.1) is 13.8 Å². The number of hydrogen-bond acceptors (Lipinski definition) is 3. The Labute approximate surface area is 105 Å². The van der Waals surface area contributed by atoms with Crippen LogP contribution in [0.1, 0.15) is 9.75 Å². The second kappa shape index (κ2) is 4.20. The van der Waals surface area contributed by atoms with E-state index in [4.69, 9.17) is 11.6 Å². The molecular formula is C10H8BrClN2S. The zero-order valence-corrected chi connectivity index (χ0v) is 11.4. The Bertz CT molecular complexity index is 510. The SMILES string of the molecule is Cc1cc(-c2ncc(Br)c(Cl)n2)c(C)s1. The predicted octanol–water partition coefficient (Wildman–Crippen LogP) is 4.24. The molecule has 0 atom stereocenters. The third-order valence-corrected chi connectivity index (χ3v) is 4.05. The van der Waals surface area contributed by atoms with E-state index in [9.17, 15) is 0 Å². The molecule has 2 nitrogen and oxygen atoms in total. The van der Waals surface area contributed by atoms with E-state index >= 15 is 0 Å². The van der Waals surface area contributed by atoms with E-state index in [2.05, 4.69) is 45.8 Å². The molecule has 2 rings (SSSR count). The first-order valence-electron chi connectivity index (χ1n) is 4.33. The summed E-state index contributed by atoms with van der Waals surface area (Å²) in [5, 5.41) is 0.447. The van der Waals surface area contributed by atoms with E-state index in [1.165, 1.54) is 9.75 Å². The third kappa shape index (κ3) is 2.22. The van der Waals surface area contributed by atoms with E-state index in [1.54, 1.807) is 17.5 Å². The fraction of sp³-hybridized carbons (Fsp3) is 0.200. The van der Waals surface area contributed by atoms with Gasteiger partial charge in [0.05, 0.1) is 4.47 Å². The van der Waals surface area contributed by atoms with Crippen LogP contribution in [0.3, 0.4) is 0 Å². The Morgan fingerprint density at radius 3 is 2.67 bits per heavy atom. The van der Waals surface area contributed by atoms with Gasteiger partial charge >= 0.3 is 0 Å². The number of aromatic nitrogens is 2. The Hall–Kier alpha value is -0.450. The van der Waals surface area contributed by atoms with Crippen LogP contribution >= 0.6 is 38.9 Å². The number of rotatable bonds is 1. The van der Waals surface area contributed by atoms with Gasteiger partial charge in [-0.15, -0.1) is 11.3 Å². The van der Waals surface area contributed by atoms with Crippen LogP contribution in [-0.2, 0) is 0 Å². The van der Waals surface area contributed by atoms with Crippen molar-refractivity contribution in [3.63, 3.8) is 0 Å². The van der Waals surface area contributed by atoms with E-state index in [-0.39, 0.29) is 0 Å². The maximum absolute atomic E-state index is 5.93. The van der Waals surface area contributed by atoms with Gasteiger partial charge in [0, 0.05) is 21.5 Å². The predicted molar refractivity (Wildman–Crippen MR) is 67.5 cm³/mol. The van der Waals surface area contributed by atoms with Gasteiger partial charge in [0.2, 0.25) is 0 Å². The monoisotopic (exact) mass is 302 g/mol. The molecule has 0 aliphatic carbocycles. The largest absolute Gasteiger partial charge is 0.235 e. The van der Waals surface area contributed by atoms with Crippen LogP contribution in [-0.4, -0.2) is 9.97 Å². The Morgan fingerprint density at radius 2 is 2.13 bits per heavy atom. The van der Waals surface area contributed by atoms with Crippen molar-refractivity contribution in [2.24, 2.45) is 0 Å². The molecule has 0 spiro atoms. The van der Waals surface area contributed by atoms with E-state index in [0.717, 1.165) is 10.0 Å². The lowest BCUT2D eigenvalue weighted by Crippen LogP contribution is -1.89. The number of aryl methyl sites for hydroxylation is 2. The molecule has 0 unspecified atom stereocenters. The van der Waals surface area contributed by atoms with Crippen molar-refractivity contribution in [1.29, 1.82) is 0 Å². The second-order valence-electron chi connectivity index (χ2n) is 3.16. The molecule has 0 saturated carbocycles. The first-order valence-corrected chi connectivity index (χ1v) is 6.32. The first-order chi connectivity index (χ1) is 7.08. The van der Waals surface area contributed by atoms with E-state index in [1.807, 2.05) is 0 Å². The van der Waals surface area contributed by atoms with Crippen molar-refractivity contribution in [3.05, 3.63) is 31.6 Å². The Morgan fingerprint density at radius 1 is 1.40 bits per heavy atom. The van der Waals surface area contributed by atoms with Crippen LogP contribution in [0.2, 0.25) is 5.15 Å². The van der Waals surface area contributed by atoms with Crippen molar-refractivity contribution < 1.29 is 0 Å². The molecule has 0 N–H and O–H groups in total. The lowest BCUT2D eigenvalue weighted by molar-refractivity contribution is 1.16. The van der Waals surface area contributed by atoms with Crippen molar-refractivity contribution in [2.45, 2.75) is 13.8 Å². The molecule has 2 aromatic rings. The fourth-order valence-corrected chi connectivity index (χ4v) is 2.57. The van der Waals surface area contributed by atoms with Gasteiger partial charge in [-0.25, -0.2) is 9.97 Å². The highest BCUT2D eigenvalue weighted by molar-refractivity contribution is 9.10. The molecule has 0 fully saturated rings. The molecule has 2 aromatic heterocycles. The molecule has 0 saturated heterocycles. The van der Waals surface area contributed by atoms with Crippen LogP contribution in [0.4, 0.5) is 0 Å². The lowest BCUT2D eigenvalue weighted by atomic mass is 10.2.